The molecule has 5 rings (SSSR count). The van der Waals surface area contributed by atoms with Crippen molar-refractivity contribution in [2.24, 2.45) is 11.3 Å². The number of carbonyl (C=O) groups is 4. The van der Waals surface area contributed by atoms with Crippen LogP contribution in [0.4, 0.5) is 0 Å². The topological polar surface area (TPSA) is 121 Å². The number of nitrogens with zero attached hydrogens (tertiary/aromatic N) is 1. The average Bonchev–Trinajstić information content (AvgIpc) is 3.47. The predicted octanol–water partition coefficient (Wildman–Crippen LogP) is 3.17. The van der Waals surface area contributed by atoms with E-state index >= 15 is 0 Å². The molecular weight excluding hydrogens is 496 g/mol. The highest BCUT2D eigenvalue weighted by atomic mass is 35.5. The molecule has 9 nitrogen and oxygen atoms in total. The molecular formula is C27H33ClN4O5. The van der Waals surface area contributed by atoms with Gasteiger partial charge < -0.3 is 25.3 Å². The van der Waals surface area contributed by atoms with E-state index < -0.39 is 18.1 Å². The number of H-pyrrole nitrogens is 1. The summed E-state index contributed by atoms with van der Waals surface area (Å²) in [5, 5.41) is 7.11. The van der Waals surface area contributed by atoms with Gasteiger partial charge in [0.1, 0.15) is 17.8 Å². The fourth-order valence-corrected chi connectivity index (χ4v) is 6.15. The quantitative estimate of drug-likeness (QED) is 0.477. The van der Waals surface area contributed by atoms with Gasteiger partial charge in [-0.3, -0.25) is 14.4 Å². The minimum atomic E-state index is -0.952. The van der Waals surface area contributed by atoms with E-state index in [2.05, 4.69) is 15.6 Å². The molecule has 1 aromatic heterocycles. The first kappa shape index (κ1) is 25.6. The minimum absolute atomic E-state index is 0.0737. The molecule has 1 saturated carbocycles. The molecule has 3 fully saturated rings. The Balaban J connectivity index is 1.36. The van der Waals surface area contributed by atoms with Crippen LogP contribution >= 0.6 is 11.6 Å². The number of halogens is 1. The molecule has 3 amide bonds. The summed E-state index contributed by atoms with van der Waals surface area (Å²) in [6.07, 6.45) is 5.20. The number of aromatic amines is 1. The van der Waals surface area contributed by atoms with Crippen molar-refractivity contribution in [3.8, 4) is 0 Å². The number of rotatable bonds is 7. The average molecular weight is 529 g/mol. The van der Waals surface area contributed by atoms with E-state index in [4.69, 9.17) is 16.3 Å². The lowest BCUT2D eigenvalue weighted by atomic mass is 9.67. The number of ether oxygens (including phenoxy) is 1. The summed E-state index contributed by atoms with van der Waals surface area (Å²) in [6.45, 7) is 2.99. The molecule has 198 valence electrons. The van der Waals surface area contributed by atoms with Gasteiger partial charge in [-0.1, -0.05) is 24.1 Å². The number of likely N-dealkylation sites (tertiary alicyclic amines) is 1. The van der Waals surface area contributed by atoms with E-state index in [1.54, 1.807) is 30.0 Å². The zero-order valence-corrected chi connectivity index (χ0v) is 21.7. The molecule has 3 atom stereocenters. The number of aromatic nitrogens is 1. The van der Waals surface area contributed by atoms with Gasteiger partial charge in [-0.25, -0.2) is 4.79 Å². The maximum absolute atomic E-state index is 13.7. The van der Waals surface area contributed by atoms with Crippen LogP contribution in [-0.2, 0) is 19.1 Å². The Morgan fingerprint density at radius 3 is 2.76 bits per heavy atom. The Morgan fingerprint density at radius 2 is 2.05 bits per heavy atom. The van der Waals surface area contributed by atoms with Gasteiger partial charge in [0.2, 0.25) is 11.8 Å². The normalized spacial score (nSPS) is 23.4. The molecule has 2 saturated heterocycles. The number of carbonyl (C=O) groups excluding carboxylic acids is 4. The van der Waals surface area contributed by atoms with Crippen LogP contribution in [0.15, 0.2) is 24.3 Å². The van der Waals surface area contributed by atoms with Crippen LogP contribution in [0.25, 0.3) is 10.9 Å². The van der Waals surface area contributed by atoms with E-state index in [-0.39, 0.29) is 42.1 Å². The van der Waals surface area contributed by atoms with Crippen LogP contribution in [0, 0.1) is 11.3 Å². The number of benzene rings is 1. The monoisotopic (exact) mass is 528 g/mol. The molecule has 2 aromatic rings. The Morgan fingerprint density at radius 1 is 1.24 bits per heavy atom. The molecule has 1 unspecified atom stereocenters. The van der Waals surface area contributed by atoms with Gasteiger partial charge in [0.05, 0.1) is 6.61 Å². The predicted molar refractivity (Wildman–Crippen MR) is 138 cm³/mol. The lowest BCUT2D eigenvalue weighted by Crippen LogP contribution is -2.52. The lowest BCUT2D eigenvalue weighted by Gasteiger charge is -2.37. The van der Waals surface area contributed by atoms with Gasteiger partial charge >= 0.3 is 5.97 Å². The van der Waals surface area contributed by atoms with E-state index in [9.17, 15) is 19.2 Å². The number of hydrogen-bond acceptors (Lipinski definition) is 5. The summed E-state index contributed by atoms with van der Waals surface area (Å²) in [6, 6.07) is 5.49. The molecule has 1 spiro atoms. The maximum Gasteiger partial charge on any atom is 0.328 e. The van der Waals surface area contributed by atoms with Crippen molar-refractivity contribution in [1.82, 2.24) is 20.5 Å². The SMILES string of the molecule is CCOC(=O)[C@H](C[C@@H]1CCCNC1=O)NC(=O)C1CC2(CCC2)CN1C(=O)c1cc2ccc(Cl)cc2[nH]1. The van der Waals surface area contributed by atoms with Crippen molar-refractivity contribution in [2.75, 3.05) is 19.7 Å². The first-order valence-electron chi connectivity index (χ1n) is 13.1. The molecule has 0 bridgehead atoms. The number of fused-ring (bicyclic) bond motifs is 1. The van der Waals surface area contributed by atoms with Crippen LogP contribution < -0.4 is 10.6 Å². The fraction of sp³-hybridized carbons (Fsp3) is 0.556. The Kier molecular flexibility index (Phi) is 7.16. The number of esters is 1. The summed E-state index contributed by atoms with van der Waals surface area (Å²) in [7, 11) is 0. The summed E-state index contributed by atoms with van der Waals surface area (Å²) in [4.78, 5) is 57.2. The Hall–Kier alpha value is -3.07. The molecule has 3 aliphatic rings. The Bertz CT molecular complexity index is 1220. The van der Waals surface area contributed by atoms with Crippen molar-refractivity contribution < 1.29 is 23.9 Å². The fourth-order valence-electron chi connectivity index (χ4n) is 5.98. The van der Waals surface area contributed by atoms with Gasteiger partial charge in [-0.15, -0.1) is 0 Å². The second-order valence-electron chi connectivity index (χ2n) is 10.6. The van der Waals surface area contributed by atoms with Gasteiger partial charge in [-0.2, -0.15) is 0 Å². The second kappa shape index (κ2) is 10.4. The molecule has 0 radical (unpaired) electrons. The zero-order valence-electron chi connectivity index (χ0n) is 21.0. The summed E-state index contributed by atoms with van der Waals surface area (Å²) in [5.74, 6) is -1.68. The summed E-state index contributed by atoms with van der Waals surface area (Å²) < 4.78 is 5.22. The molecule has 1 aliphatic carbocycles. The third-order valence-electron chi connectivity index (χ3n) is 8.11. The first-order valence-corrected chi connectivity index (χ1v) is 13.5. The molecule has 2 aliphatic heterocycles. The smallest absolute Gasteiger partial charge is 0.328 e. The number of hydrogen-bond donors (Lipinski definition) is 3. The van der Waals surface area contributed by atoms with Crippen LogP contribution in [-0.4, -0.2) is 65.4 Å². The standard InChI is InChI=1S/C27H33ClN4O5/c1-2-37-26(36)21(12-17-5-3-10-29-23(17)33)31-24(34)22-14-27(8-4-9-27)15-32(22)25(35)20-11-16-6-7-18(28)13-19(16)30-20/h6-7,11,13,17,21-22,30H,2-5,8-10,12,14-15H2,1H3,(H,29,33)(H,31,34)/t17-,21-,22?/m0/s1. The molecule has 1 aromatic carbocycles. The van der Waals surface area contributed by atoms with Crippen LogP contribution in [0.5, 0.6) is 0 Å². The van der Waals surface area contributed by atoms with E-state index in [0.29, 0.717) is 36.6 Å². The maximum atomic E-state index is 13.7. The molecule has 3 N–H and O–H groups in total. The van der Waals surface area contributed by atoms with Crippen molar-refractivity contribution in [3.05, 3.63) is 35.0 Å². The van der Waals surface area contributed by atoms with E-state index in [0.717, 1.165) is 36.6 Å². The number of nitrogens with one attached hydrogen (secondary N) is 3. The largest absolute Gasteiger partial charge is 0.464 e. The van der Waals surface area contributed by atoms with Crippen LogP contribution in [0.3, 0.4) is 0 Å². The Labute approximate surface area is 220 Å². The van der Waals surface area contributed by atoms with Crippen molar-refractivity contribution in [2.45, 2.75) is 64.0 Å². The lowest BCUT2D eigenvalue weighted by molar-refractivity contribution is -0.148. The molecule has 37 heavy (non-hydrogen) atoms. The van der Waals surface area contributed by atoms with Crippen molar-refractivity contribution >= 4 is 46.2 Å². The third-order valence-corrected chi connectivity index (χ3v) is 8.34. The van der Waals surface area contributed by atoms with Crippen LogP contribution in [0.2, 0.25) is 5.02 Å². The number of piperidine rings is 1. The van der Waals surface area contributed by atoms with E-state index in [1.165, 1.54) is 0 Å². The molecule has 10 heteroatoms. The third kappa shape index (κ3) is 5.19. The second-order valence-corrected chi connectivity index (χ2v) is 11.0. The summed E-state index contributed by atoms with van der Waals surface area (Å²) >= 11 is 6.11. The molecule has 3 heterocycles. The highest BCUT2D eigenvalue weighted by Crippen LogP contribution is 2.50. The van der Waals surface area contributed by atoms with Gasteiger partial charge in [0.25, 0.3) is 5.91 Å². The number of amides is 3. The van der Waals surface area contributed by atoms with Crippen LogP contribution in [0.1, 0.15) is 62.4 Å². The highest BCUT2D eigenvalue weighted by molar-refractivity contribution is 6.31. The van der Waals surface area contributed by atoms with Gasteiger partial charge in [0, 0.05) is 34.9 Å². The minimum Gasteiger partial charge on any atom is -0.464 e. The van der Waals surface area contributed by atoms with Gasteiger partial charge in [-0.05, 0) is 69.1 Å². The zero-order chi connectivity index (χ0) is 26.2. The van der Waals surface area contributed by atoms with Crippen molar-refractivity contribution in [3.63, 3.8) is 0 Å². The highest BCUT2D eigenvalue weighted by Gasteiger charge is 2.52. The summed E-state index contributed by atoms with van der Waals surface area (Å²) in [5.41, 5.74) is 1.07. The van der Waals surface area contributed by atoms with Gasteiger partial charge in [0.15, 0.2) is 0 Å². The van der Waals surface area contributed by atoms with Crippen molar-refractivity contribution in [1.29, 1.82) is 0 Å². The van der Waals surface area contributed by atoms with E-state index in [1.807, 2.05) is 6.07 Å². The first-order chi connectivity index (χ1) is 17.8.